The normalized spacial score (nSPS) is 20.1. The molecule has 2 aliphatic rings. The highest BCUT2D eigenvalue weighted by Gasteiger charge is 2.45. The Morgan fingerprint density at radius 1 is 0.963 bits per heavy atom. The van der Waals surface area contributed by atoms with Gasteiger partial charge in [-0.1, -0.05) is 6.42 Å². The molecule has 2 aliphatic heterocycles. The molecule has 1 aromatic rings. The average molecular weight is 375 g/mol. The van der Waals surface area contributed by atoms with Crippen LogP contribution in [-0.2, 0) is 4.79 Å². The predicted octanol–water partition coefficient (Wildman–Crippen LogP) is 1.65. The van der Waals surface area contributed by atoms with E-state index in [0.29, 0.717) is 43.0 Å². The number of methoxy groups -OCH3 is 2. The molecule has 0 atom stereocenters. The maximum absolute atomic E-state index is 12.9. The topological polar surface area (TPSA) is 85.1 Å². The van der Waals surface area contributed by atoms with E-state index in [1.807, 2.05) is 0 Å². The number of hydrogen-bond acceptors (Lipinski definition) is 5. The Morgan fingerprint density at radius 2 is 1.59 bits per heavy atom. The van der Waals surface area contributed by atoms with E-state index in [1.165, 1.54) is 6.42 Å². The van der Waals surface area contributed by atoms with Gasteiger partial charge in [0.25, 0.3) is 5.91 Å². The number of primary amides is 1. The molecule has 0 radical (unpaired) electrons. The zero-order chi connectivity index (χ0) is 19.4. The van der Waals surface area contributed by atoms with Crippen molar-refractivity contribution in [1.82, 2.24) is 9.80 Å². The molecule has 148 valence electrons. The van der Waals surface area contributed by atoms with Crippen LogP contribution in [0.5, 0.6) is 11.5 Å². The first-order valence-corrected chi connectivity index (χ1v) is 9.58. The third-order valence-corrected chi connectivity index (χ3v) is 5.93. The Morgan fingerprint density at radius 3 is 2.15 bits per heavy atom. The molecule has 0 saturated carbocycles. The first kappa shape index (κ1) is 19.5. The third-order valence-electron chi connectivity index (χ3n) is 5.93. The smallest absolute Gasteiger partial charge is 0.253 e. The van der Waals surface area contributed by atoms with Crippen LogP contribution in [0.2, 0.25) is 0 Å². The fourth-order valence-electron chi connectivity index (χ4n) is 4.27. The van der Waals surface area contributed by atoms with Gasteiger partial charge in [0.2, 0.25) is 5.91 Å². The lowest BCUT2D eigenvalue weighted by Crippen LogP contribution is -2.63. The first-order chi connectivity index (χ1) is 13.0. The fourth-order valence-corrected chi connectivity index (χ4v) is 4.27. The van der Waals surface area contributed by atoms with Crippen LogP contribution in [0.4, 0.5) is 0 Å². The number of rotatable bonds is 5. The van der Waals surface area contributed by atoms with Gasteiger partial charge in [-0.15, -0.1) is 0 Å². The molecule has 0 spiro atoms. The Balaban J connectivity index is 1.72. The second kappa shape index (κ2) is 8.17. The Hall–Kier alpha value is -2.28. The van der Waals surface area contributed by atoms with Gasteiger partial charge in [-0.2, -0.15) is 0 Å². The molecule has 2 N–H and O–H groups in total. The molecule has 2 fully saturated rings. The molecular weight excluding hydrogens is 346 g/mol. The van der Waals surface area contributed by atoms with E-state index in [1.54, 1.807) is 37.3 Å². The van der Waals surface area contributed by atoms with Crippen LogP contribution in [0.3, 0.4) is 0 Å². The molecule has 2 saturated heterocycles. The van der Waals surface area contributed by atoms with Gasteiger partial charge >= 0.3 is 0 Å². The lowest BCUT2D eigenvalue weighted by molar-refractivity contribution is -0.134. The van der Waals surface area contributed by atoms with Crippen molar-refractivity contribution in [3.05, 3.63) is 23.8 Å². The van der Waals surface area contributed by atoms with Gasteiger partial charge in [-0.05, 0) is 57.0 Å². The van der Waals surface area contributed by atoms with Gasteiger partial charge in [0.1, 0.15) is 5.54 Å². The van der Waals surface area contributed by atoms with E-state index in [0.717, 1.165) is 25.9 Å². The monoisotopic (exact) mass is 375 g/mol. The van der Waals surface area contributed by atoms with Crippen molar-refractivity contribution in [3.8, 4) is 11.5 Å². The number of nitrogens with two attached hydrogens (primary N) is 1. The summed E-state index contributed by atoms with van der Waals surface area (Å²) in [5, 5.41) is 0. The molecule has 7 nitrogen and oxygen atoms in total. The summed E-state index contributed by atoms with van der Waals surface area (Å²) in [7, 11) is 3.11. The predicted molar refractivity (Wildman–Crippen MR) is 102 cm³/mol. The van der Waals surface area contributed by atoms with Crippen molar-refractivity contribution in [2.45, 2.75) is 37.6 Å². The van der Waals surface area contributed by atoms with E-state index < -0.39 is 5.54 Å². The molecule has 3 rings (SSSR count). The minimum atomic E-state index is -0.616. The Labute approximate surface area is 160 Å². The molecule has 0 bridgehead atoms. The van der Waals surface area contributed by atoms with Crippen LogP contribution in [0, 0.1) is 0 Å². The van der Waals surface area contributed by atoms with Crippen LogP contribution < -0.4 is 15.2 Å². The summed E-state index contributed by atoms with van der Waals surface area (Å²) in [5.41, 5.74) is 5.76. The van der Waals surface area contributed by atoms with Gasteiger partial charge in [0.05, 0.1) is 14.2 Å². The number of ether oxygens (including phenoxy) is 2. The van der Waals surface area contributed by atoms with Crippen molar-refractivity contribution in [1.29, 1.82) is 0 Å². The molecule has 2 heterocycles. The van der Waals surface area contributed by atoms with Crippen molar-refractivity contribution in [2.75, 3.05) is 40.4 Å². The van der Waals surface area contributed by atoms with Gasteiger partial charge in [-0.3, -0.25) is 14.5 Å². The zero-order valence-corrected chi connectivity index (χ0v) is 16.2. The number of carbonyl (C=O) groups excluding carboxylic acids is 2. The summed E-state index contributed by atoms with van der Waals surface area (Å²) in [5.74, 6) is 0.793. The minimum absolute atomic E-state index is 0.0623. The summed E-state index contributed by atoms with van der Waals surface area (Å²) in [4.78, 5) is 29.3. The van der Waals surface area contributed by atoms with Gasteiger partial charge in [0, 0.05) is 18.7 Å². The second-order valence-corrected chi connectivity index (χ2v) is 7.31. The van der Waals surface area contributed by atoms with E-state index in [4.69, 9.17) is 15.2 Å². The first-order valence-electron chi connectivity index (χ1n) is 9.58. The molecule has 7 heteroatoms. The summed E-state index contributed by atoms with van der Waals surface area (Å²) in [6.45, 7) is 2.86. The van der Waals surface area contributed by atoms with Gasteiger partial charge in [0.15, 0.2) is 11.5 Å². The molecule has 0 aliphatic carbocycles. The van der Waals surface area contributed by atoms with E-state index in [2.05, 4.69) is 4.90 Å². The summed E-state index contributed by atoms with van der Waals surface area (Å²) < 4.78 is 10.5. The molecule has 0 unspecified atom stereocenters. The highest BCUT2D eigenvalue weighted by molar-refractivity contribution is 5.95. The number of amides is 2. The highest BCUT2D eigenvalue weighted by atomic mass is 16.5. The molecule has 0 aromatic heterocycles. The van der Waals surface area contributed by atoms with Crippen molar-refractivity contribution >= 4 is 11.8 Å². The number of benzene rings is 1. The molecule has 2 amide bonds. The largest absolute Gasteiger partial charge is 0.493 e. The average Bonchev–Trinajstić information content (AvgIpc) is 2.73. The second-order valence-electron chi connectivity index (χ2n) is 7.31. The Bertz CT molecular complexity index is 692. The Kier molecular flexibility index (Phi) is 5.89. The number of carbonyl (C=O) groups is 2. The van der Waals surface area contributed by atoms with E-state index in [-0.39, 0.29) is 11.8 Å². The SMILES string of the molecule is COc1ccc(C(=O)N2CCC(C(N)=O)(N3CCCCC3)CC2)cc1OC. The summed E-state index contributed by atoms with van der Waals surface area (Å²) >= 11 is 0. The zero-order valence-electron chi connectivity index (χ0n) is 16.2. The number of hydrogen-bond donors (Lipinski definition) is 1. The quantitative estimate of drug-likeness (QED) is 0.846. The van der Waals surface area contributed by atoms with Gasteiger partial charge < -0.3 is 20.1 Å². The maximum Gasteiger partial charge on any atom is 0.253 e. The minimum Gasteiger partial charge on any atom is -0.493 e. The molecule has 27 heavy (non-hydrogen) atoms. The van der Waals surface area contributed by atoms with Crippen molar-refractivity contribution in [2.24, 2.45) is 5.73 Å². The van der Waals surface area contributed by atoms with Crippen LogP contribution in [0.15, 0.2) is 18.2 Å². The van der Waals surface area contributed by atoms with Crippen molar-refractivity contribution in [3.63, 3.8) is 0 Å². The standard InChI is InChI=1S/C20H29N3O4/c1-26-16-7-6-15(14-17(16)27-2)18(24)22-12-8-20(9-13-22,19(21)25)23-10-4-3-5-11-23/h6-7,14H,3-5,8-13H2,1-2H3,(H2,21,25). The lowest BCUT2D eigenvalue weighted by Gasteiger charge is -2.48. The number of likely N-dealkylation sites (tertiary alicyclic amines) is 2. The lowest BCUT2D eigenvalue weighted by atomic mass is 9.83. The molecular formula is C20H29N3O4. The van der Waals surface area contributed by atoms with Gasteiger partial charge in [-0.25, -0.2) is 0 Å². The fraction of sp³-hybridized carbons (Fsp3) is 0.600. The number of piperidine rings is 2. The summed E-state index contributed by atoms with van der Waals surface area (Å²) in [6, 6.07) is 5.17. The van der Waals surface area contributed by atoms with Crippen LogP contribution in [0.1, 0.15) is 42.5 Å². The number of nitrogens with zero attached hydrogens (tertiary/aromatic N) is 2. The third kappa shape index (κ3) is 3.74. The molecule has 1 aromatic carbocycles. The van der Waals surface area contributed by atoms with Crippen molar-refractivity contribution < 1.29 is 19.1 Å². The van der Waals surface area contributed by atoms with Crippen LogP contribution >= 0.6 is 0 Å². The highest BCUT2D eigenvalue weighted by Crippen LogP contribution is 2.33. The summed E-state index contributed by atoms with van der Waals surface area (Å²) in [6.07, 6.45) is 4.57. The van der Waals surface area contributed by atoms with E-state index in [9.17, 15) is 9.59 Å². The van der Waals surface area contributed by atoms with Crippen LogP contribution in [0.25, 0.3) is 0 Å². The van der Waals surface area contributed by atoms with E-state index >= 15 is 0 Å². The maximum atomic E-state index is 12.9. The van der Waals surface area contributed by atoms with Crippen LogP contribution in [-0.4, -0.2) is 67.6 Å².